The van der Waals surface area contributed by atoms with E-state index in [0.717, 1.165) is 24.8 Å². The molecule has 13 nitrogen and oxygen atoms in total. The molecule has 0 saturated heterocycles. The van der Waals surface area contributed by atoms with Crippen molar-refractivity contribution in [2.24, 2.45) is 0 Å². The standard InChI is InChI=1S/C28H39N7O6/c1-2-37-12-13-39-16-17-40-15-14-38-11-9-21(36)6-4-3-5-10-35-27-24(26(29)31-19-32-27)25(34-35)20-7-8-23-22(18-20)33-28(30)41-23/h7-8,18-19H,2-6,9-17H2,1H3,(H2,30,33)(H2,29,31,32). The van der Waals surface area contributed by atoms with Crippen molar-refractivity contribution < 1.29 is 28.2 Å². The van der Waals surface area contributed by atoms with E-state index in [0.29, 0.717) is 106 Å². The Labute approximate surface area is 238 Å². The minimum absolute atomic E-state index is 0.109. The van der Waals surface area contributed by atoms with Gasteiger partial charge in [0.15, 0.2) is 11.2 Å². The smallest absolute Gasteiger partial charge is 0.292 e. The highest BCUT2D eigenvalue weighted by molar-refractivity contribution is 5.99. The second-order valence-electron chi connectivity index (χ2n) is 9.40. The normalized spacial score (nSPS) is 11.6. The molecule has 4 N–H and O–H groups in total. The number of ether oxygens (including phenoxy) is 4. The molecule has 0 saturated carbocycles. The zero-order valence-corrected chi connectivity index (χ0v) is 23.5. The molecule has 3 heterocycles. The van der Waals surface area contributed by atoms with Gasteiger partial charge >= 0.3 is 0 Å². The number of oxazole rings is 1. The van der Waals surface area contributed by atoms with Crippen LogP contribution in [0, 0.1) is 0 Å². The molecule has 0 atom stereocenters. The number of benzene rings is 1. The number of nitrogens with zero attached hydrogens (tertiary/aromatic N) is 5. The molecule has 0 aliphatic rings. The van der Waals surface area contributed by atoms with Gasteiger partial charge in [-0.3, -0.25) is 4.79 Å². The first-order chi connectivity index (χ1) is 20.1. The Morgan fingerprint density at radius 3 is 2.39 bits per heavy atom. The fourth-order valence-electron chi connectivity index (χ4n) is 4.36. The zero-order chi connectivity index (χ0) is 28.9. The third-order valence-corrected chi connectivity index (χ3v) is 6.41. The van der Waals surface area contributed by atoms with Gasteiger partial charge < -0.3 is 34.8 Å². The van der Waals surface area contributed by atoms with Crippen LogP contribution in [0.25, 0.3) is 33.4 Å². The molecule has 0 aliphatic carbocycles. The SMILES string of the molecule is CCOCCOCCOCCOCCC(=O)CCCCCn1nc(-c2ccc3oc(N)nc3c2)c2c(N)ncnc21. The molecule has 41 heavy (non-hydrogen) atoms. The monoisotopic (exact) mass is 569 g/mol. The van der Waals surface area contributed by atoms with Gasteiger partial charge in [-0.25, -0.2) is 14.6 Å². The molecule has 4 rings (SSSR count). The number of unbranched alkanes of at least 4 members (excludes halogenated alkanes) is 2. The molecule has 3 aromatic heterocycles. The van der Waals surface area contributed by atoms with Crippen LogP contribution in [0.3, 0.4) is 0 Å². The highest BCUT2D eigenvalue weighted by Gasteiger charge is 2.18. The Morgan fingerprint density at radius 1 is 0.902 bits per heavy atom. The van der Waals surface area contributed by atoms with Crippen LogP contribution in [-0.2, 0) is 30.3 Å². The lowest BCUT2D eigenvalue weighted by Gasteiger charge is -2.07. The Hall–Kier alpha value is -3.65. The van der Waals surface area contributed by atoms with Crippen molar-refractivity contribution >= 4 is 39.7 Å². The number of ketones is 1. The van der Waals surface area contributed by atoms with E-state index in [1.807, 2.05) is 23.7 Å². The lowest BCUT2D eigenvalue weighted by atomic mass is 10.1. The Balaban J connectivity index is 1.14. The maximum absolute atomic E-state index is 12.2. The highest BCUT2D eigenvalue weighted by Crippen LogP contribution is 2.32. The molecule has 0 amide bonds. The number of carbonyl (C=O) groups excluding carboxylic acids is 1. The van der Waals surface area contributed by atoms with Crippen LogP contribution in [0.15, 0.2) is 28.9 Å². The molecular formula is C28H39N7O6. The average Bonchev–Trinajstić information content (AvgIpc) is 3.53. The van der Waals surface area contributed by atoms with Gasteiger partial charge in [-0.2, -0.15) is 10.1 Å². The van der Waals surface area contributed by atoms with Crippen LogP contribution in [-0.4, -0.2) is 83.4 Å². The van der Waals surface area contributed by atoms with Gasteiger partial charge in [0.25, 0.3) is 6.01 Å². The van der Waals surface area contributed by atoms with E-state index in [-0.39, 0.29) is 11.8 Å². The number of rotatable bonds is 20. The molecule has 0 spiro atoms. The molecule has 0 unspecified atom stereocenters. The molecule has 1 aromatic carbocycles. The van der Waals surface area contributed by atoms with Gasteiger partial charge in [-0.15, -0.1) is 0 Å². The maximum atomic E-state index is 12.2. The van der Waals surface area contributed by atoms with Crippen LogP contribution in [0.5, 0.6) is 0 Å². The molecule has 222 valence electrons. The summed E-state index contributed by atoms with van der Waals surface area (Å²) in [4.78, 5) is 25.0. The zero-order valence-electron chi connectivity index (χ0n) is 23.5. The molecule has 0 bridgehead atoms. The summed E-state index contributed by atoms with van der Waals surface area (Å²) in [7, 11) is 0. The van der Waals surface area contributed by atoms with Crippen molar-refractivity contribution in [2.75, 3.05) is 64.3 Å². The van der Waals surface area contributed by atoms with Gasteiger partial charge in [-0.05, 0) is 38.0 Å². The summed E-state index contributed by atoms with van der Waals surface area (Å²) in [5.41, 5.74) is 15.3. The largest absolute Gasteiger partial charge is 0.424 e. The first-order valence-electron chi connectivity index (χ1n) is 14.0. The number of carbonyl (C=O) groups is 1. The number of hydrogen-bond acceptors (Lipinski definition) is 12. The predicted octanol–water partition coefficient (Wildman–Crippen LogP) is 3.40. The summed E-state index contributed by atoms with van der Waals surface area (Å²) >= 11 is 0. The topological polar surface area (TPSA) is 176 Å². The maximum Gasteiger partial charge on any atom is 0.292 e. The second kappa shape index (κ2) is 16.0. The van der Waals surface area contributed by atoms with Gasteiger partial charge in [-0.1, -0.05) is 6.42 Å². The molecular weight excluding hydrogens is 530 g/mol. The molecule has 4 aromatic rings. The predicted molar refractivity (Wildman–Crippen MR) is 154 cm³/mol. The quantitative estimate of drug-likeness (QED) is 0.149. The average molecular weight is 570 g/mol. The Bertz CT molecular complexity index is 1390. The summed E-state index contributed by atoms with van der Waals surface area (Å²) < 4.78 is 28.7. The van der Waals surface area contributed by atoms with E-state index >= 15 is 0 Å². The van der Waals surface area contributed by atoms with E-state index < -0.39 is 0 Å². The molecule has 0 aliphatic heterocycles. The number of aromatic nitrogens is 5. The van der Waals surface area contributed by atoms with Gasteiger partial charge in [0.05, 0.1) is 51.6 Å². The van der Waals surface area contributed by atoms with E-state index in [1.54, 1.807) is 6.07 Å². The molecule has 13 heteroatoms. The Kier molecular flexibility index (Phi) is 11.8. The van der Waals surface area contributed by atoms with Crippen molar-refractivity contribution in [2.45, 2.75) is 45.6 Å². The summed E-state index contributed by atoms with van der Waals surface area (Å²) in [5.74, 6) is 0.558. The number of anilines is 2. The van der Waals surface area contributed by atoms with E-state index in [9.17, 15) is 4.79 Å². The Morgan fingerprint density at radius 2 is 1.63 bits per heavy atom. The summed E-state index contributed by atoms with van der Waals surface area (Å²) in [6.07, 6.45) is 4.90. The number of hydrogen-bond donors (Lipinski definition) is 2. The van der Waals surface area contributed by atoms with Crippen LogP contribution in [0.2, 0.25) is 0 Å². The third-order valence-electron chi connectivity index (χ3n) is 6.41. The van der Waals surface area contributed by atoms with Crippen LogP contribution < -0.4 is 11.5 Å². The van der Waals surface area contributed by atoms with Crippen LogP contribution >= 0.6 is 0 Å². The van der Waals surface area contributed by atoms with E-state index in [2.05, 4.69) is 15.0 Å². The van der Waals surface area contributed by atoms with Gasteiger partial charge in [0.1, 0.15) is 29.1 Å². The van der Waals surface area contributed by atoms with Gasteiger partial charge in [0.2, 0.25) is 0 Å². The highest BCUT2D eigenvalue weighted by atomic mass is 16.6. The summed E-state index contributed by atoms with van der Waals surface area (Å²) in [5, 5.41) is 5.49. The summed E-state index contributed by atoms with van der Waals surface area (Å²) in [6.45, 7) is 6.84. The van der Waals surface area contributed by atoms with Crippen molar-refractivity contribution in [3.05, 3.63) is 24.5 Å². The van der Waals surface area contributed by atoms with E-state index in [4.69, 9.17) is 39.9 Å². The number of nitrogen functional groups attached to an aromatic ring is 2. The fourth-order valence-corrected chi connectivity index (χ4v) is 4.36. The van der Waals surface area contributed by atoms with Crippen molar-refractivity contribution in [3.63, 3.8) is 0 Å². The third kappa shape index (κ3) is 8.92. The fraction of sp³-hybridized carbons (Fsp3) is 0.536. The first kappa shape index (κ1) is 30.3. The molecule has 0 fully saturated rings. The minimum Gasteiger partial charge on any atom is -0.424 e. The van der Waals surface area contributed by atoms with Gasteiger partial charge in [0, 0.05) is 31.6 Å². The first-order valence-corrected chi connectivity index (χ1v) is 14.0. The van der Waals surface area contributed by atoms with Crippen molar-refractivity contribution in [1.82, 2.24) is 24.7 Å². The summed E-state index contributed by atoms with van der Waals surface area (Å²) in [6, 6.07) is 5.66. The van der Waals surface area contributed by atoms with Crippen LogP contribution in [0.1, 0.15) is 39.0 Å². The van der Waals surface area contributed by atoms with Crippen molar-refractivity contribution in [3.8, 4) is 11.3 Å². The number of fused-ring (bicyclic) bond motifs is 2. The van der Waals surface area contributed by atoms with Crippen molar-refractivity contribution in [1.29, 1.82) is 0 Å². The molecule has 0 radical (unpaired) electrons. The van der Waals surface area contributed by atoms with Crippen LogP contribution in [0.4, 0.5) is 11.8 Å². The number of aryl methyl sites for hydroxylation is 1. The lowest BCUT2D eigenvalue weighted by molar-refractivity contribution is -0.120. The second-order valence-corrected chi connectivity index (χ2v) is 9.40. The lowest BCUT2D eigenvalue weighted by Crippen LogP contribution is -2.12. The number of nitrogens with two attached hydrogens (primary N) is 2. The van der Waals surface area contributed by atoms with E-state index in [1.165, 1.54) is 6.33 Å². The minimum atomic E-state index is 0.109. The number of Topliss-reactive ketones (excluding diaryl/α,β-unsaturated/α-hetero) is 1.